The van der Waals surface area contributed by atoms with Crippen molar-refractivity contribution in [2.45, 2.75) is 32.5 Å². The van der Waals surface area contributed by atoms with Crippen molar-refractivity contribution in [3.05, 3.63) is 42.7 Å². The number of aliphatic hydroxyl groups excluding tert-OH is 1. The van der Waals surface area contributed by atoms with Crippen molar-refractivity contribution in [2.75, 3.05) is 0 Å². The maximum atomic E-state index is 9.78. The van der Waals surface area contributed by atoms with Gasteiger partial charge in [0.15, 0.2) is 0 Å². The Morgan fingerprint density at radius 2 is 1.79 bits per heavy atom. The second-order valence-corrected chi connectivity index (χ2v) is 6.77. The van der Waals surface area contributed by atoms with Crippen LogP contribution in [0.2, 0.25) is 0 Å². The van der Waals surface area contributed by atoms with Crippen LogP contribution in [0.3, 0.4) is 0 Å². The molecule has 0 saturated heterocycles. The molecule has 122 valence electrons. The minimum Gasteiger partial charge on any atom is -0.464 e. The number of rotatable bonds is 4. The monoisotopic (exact) mass is 322 g/mol. The minimum absolute atomic E-state index is 0.432. The molecule has 4 nitrogen and oxygen atoms in total. The van der Waals surface area contributed by atoms with E-state index >= 15 is 0 Å². The van der Waals surface area contributed by atoms with Gasteiger partial charge in [0.1, 0.15) is 16.7 Å². The van der Waals surface area contributed by atoms with Crippen LogP contribution in [0.1, 0.15) is 20.8 Å². The van der Waals surface area contributed by atoms with Crippen molar-refractivity contribution < 1.29 is 18.6 Å². The summed E-state index contributed by atoms with van der Waals surface area (Å²) in [4.78, 5) is 0. The van der Waals surface area contributed by atoms with Gasteiger partial charge in [-0.1, -0.05) is 17.6 Å². The van der Waals surface area contributed by atoms with Crippen LogP contribution in [-0.4, -0.2) is 24.3 Å². The van der Waals surface area contributed by atoms with E-state index in [2.05, 4.69) is 6.07 Å². The summed E-state index contributed by atoms with van der Waals surface area (Å²) in [5, 5.41) is 12.9. The second kappa shape index (κ2) is 5.40. The predicted octanol–water partition coefficient (Wildman–Crippen LogP) is 3.49. The number of benzene rings is 2. The quantitative estimate of drug-likeness (QED) is 0.585. The zero-order valence-electron chi connectivity index (χ0n) is 14.0. The molecule has 0 aliphatic carbocycles. The highest BCUT2D eigenvalue weighted by Gasteiger charge is 2.24. The number of hydrogen-bond donors (Lipinski definition) is 1. The topological polar surface area (TPSA) is 55.7 Å². The van der Waals surface area contributed by atoms with Gasteiger partial charge in [0.2, 0.25) is 0 Å². The molecule has 1 N–H and O–H groups in total. The van der Waals surface area contributed by atoms with E-state index < -0.39 is 11.7 Å². The lowest BCUT2D eigenvalue weighted by Crippen LogP contribution is -2.40. The number of aliphatic hydroxyl groups is 1. The number of hydrogen-bond acceptors (Lipinski definition) is 4. The third-order valence-corrected chi connectivity index (χ3v) is 4.75. The Hall–Kier alpha value is -2.24. The Labute approximate surface area is 140 Å². The molecule has 0 aliphatic rings. The first-order valence-electron chi connectivity index (χ1n) is 8.09. The van der Waals surface area contributed by atoms with Crippen LogP contribution in [0, 0.1) is 0 Å². The fourth-order valence-electron chi connectivity index (χ4n) is 2.85. The fourth-order valence-corrected chi connectivity index (χ4v) is 2.85. The standard InChI is InChI=1S/C19H19BO4/c1-11(21)19(2,3)24-20-12-4-5-16-14(10-12)18-13-8-9-22-15(13)6-7-17(18)23-16/h4-11,20-21H,1-3H3. The molecular formula is C19H19BO4. The lowest BCUT2D eigenvalue weighted by Gasteiger charge is -2.28. The van der Waals surface area contributed by atoms with E-state index in [0.717, 1.165) is 38.4 Å². The van der Waals surface area contributed by atoms with E-state index in [-0.39, 0.29) is 0 Å². The summed E-state index contributed by atoms with van der Waals surface area (Å²) in [6, 6.07) is 11.9. The Kier molecular flexibility index (Phi) is 3.44. The van der Waals surface area contributed by atoms with Crippen LogP contribution < -0.4 is 5.46 Å². The SMILES string of the molecule is CC(O)C(C)(C)OBc1ccc2oc3ccc4occc4c3c2c1. The zero-order chi connectivity index (χ0) is 16.9. The molecule has 0 amide bonds. The van der Waals surface area contributed by atoms with Crippen molar-refractivity contribution >= 4 is 45.9 Å². The summed E-state index contributed by atoms with van der Waals surface area (Å²) >= 11 is 0. The first-order valence-corrected chi connectivity index (χ1v) is 8.09. The third-order valence-electron chi connectivity index (χ3n) is 4.75. The molecule has 0 radical (unpaired) electrons. The first kappa shape index (κ1) is 15.3. The molecule has 4 rings (SSSR count). The first-order chi connectivity index (χ1) is 11.5. The average Bonchev–Trinajstić information content (AvgIpc) is 3.15. The summed E-state index contributed by atoms with van der Waals surface area (Å²) in [6.45, 7) is 5.51. The molecule has 5 heteroatoms. The van der Waals surface area contributed by atoms with E-state index in [0.29, 0.717) is 7.48 Å². The smallest absolute Gasteiger partial charge is 0.309 e. The molecule has 24 heavy (non-hydrogen) atoms. The molecular weight excluding hydrogens is 303 g/mol. The highest BCUT2D eigenvalue weighted by Crippen LogP contribution is 2.34. The lowest BCUT2D eigenvalue weighted by molar-refractivity contribution is -0.0146. The lowest BCUT2D eigenvalue weighted by atomic mass is 9.85. The van der Waals surface area contributed by atoms with Gasteiger partial charge in [0.05, 0.1) is 18.0 Å². The van der Waals surface area contributed by atoms with Crippen molar-refractivity contribution in [3.63, 3.8) is 0 Å². The third kappa shape index (κ3) is 2.41. The van der Waals surface area contributed by atoms with Crippen molar-refractivity contribution in [3.8, 4) is 0 Å². The molecule has 2 aromatic carbocycles. The van der Waals surface area contributed by atoms with Crippen molar-refractivity contribution in [1.82, 2.24) is 0 Å². The van der Waals surface area contributed by atoms with Gasteiger partial charge < -0.3 is 18.6 Å². The van der Waals surface area contributed by atoms with Gasteiger partial charge in [0.25, 0.3) is 0 Å². The Bertz CT molecular complexity index is 1030. The maximum absolute atomic E-state index is 9.78. The van der Waals surface area contributed by atoms with Crippen LogP contribution in [0.15, 0.2) is 51.5 Å². The summed E-state index contributed by atoms with van der Waals surface area (Å²) < 4.78 is 17.3. The van der Waals surface area contributed by atoms with E-state index in [1.165, 1.54) is 0 Å². The summed E-state index contributed by atoms with van der Waals surface area (Å²) in [5.74, 6) is 0. The van der Waals surface area contributed by atoms with Gasteiger partial charge in [-0.2, -0.15) is 0 Å². The molecule has 0 saturated carbocycles. The molecule has 0 bridgehead atoms. The maximum Gasteiger partial charge on any atom is 0.309 e. The molecule has 0 fully saturated rings. The average molecular weight is 322 g/mol. The molecule has 1 atom stereocenters. The molecule has 1 unspecified atom stereocenters. The Morgan fingerprint density at radius 3 is 2.58 bits per heavy atom. The van der Waals surface area contributed by atoms with Crippen molar-refractivity contribution in [1.29, 1.82) is 0 Å². The highest BCUT2D eigenvalue weighted by atomic mass is 16.5. The second-order valence-electron chi connectivity index (χ2n) is 6.77. The Balaban J connectivity index is 1.79. The zero-order valence-corrected chi connectivity index (χ0v) is 14.0. The van der Waals surface area contributed by atoms with Gasteiger partial charge in [-0.05, 0) is 45.0 Å². The molecule has 2 aromatic heterocycles. The molecule has 0 aliphatic heterocycles. The number of fused-ring (bicyclic) bond motifs is 5. The summed E-state index contributed by atoms with van der Waals surface area (Å²) in [5.41, 5.74) is 2.99. The molecule has 2 heterocycles. The Morgan fingerprint density at radius 1 is 1.04 bits per heavy atom. The van der Waals surface area contributed by atoms with Crippen LogP contribution in [-0.2, 0) is 4.65 Å². The summed E-state index contributed by atoms with van der Waals surface area (Å²) in [7, 11) is 0.432. The molecule has 4 aromatic rings. The highest BCUT2D eigenvalue weighted by molar-refractivity contribution is 6.47. The summed E-state index contributed by atoms with van der Waals surface area (Å²) in [6.07, 6.45) is 1.16. The number of furan rings is 2. The van der Waals surface area contributed by atoms with E-state index in [1.807, 2.05) is 44.2 Å². The predicted molar refractivity (Wildman–Crippen MR) is 97.1 cm³/mol. The minimum atomic E-state index is -0.592. The fraction of sp³-hybridized carbons (Fsp3) is 0.263. The van der Waals surface area contributed by atoms with Crippen molar-refractivity contribution in [2.24, 2.45) is 0 Å². The van der Waals surface area contributed by atoms with E-state index in [4.69, 9.17) is 13.5 Å². The van der Waals surface area contributed by atoms with Crippen LogP contribution >= 0.6 is 0 Å². The van der Waals surface area contributed by atoms with Crippen LogP contribution in [0.25, 0.3) is 32.9 Å². The molecule has 0 spiro atoms. The van der Waals surface area contributed by atoms with Crippen LogP contribution in [0.4, 0.5) is 0 Å². The van der Waals surface area contributed by atoms with Gasteiger partial charge in [-0.15, -0.1) is 0 Å². The van der Waals surface area contributed by atoms with Crippen LogP contribution in [0.5, 0.6) is 0 Å². The van der Waals surface area contributed by atoms with Gasteiger partial charge in [0, 0.05) is 16.2 Å². The van der Waals surface area contributed by atoms with Gasteiger partial charge >= 0.3 is 7.48 Å². The largest absolute Gasteiger partial charge is 0.464 e. The normalized spacial score (nSPS) is 13.8. The van der Waals surface area contributed by atoms with Gasteiger partial charge in [-0.3, -0.25) is 0 Å². The van der Waals surface area contributed by atoms with E-state index in [1.54, 1.807) is 13.2 Å². The van der Waals surface area contributed by atoms with Gasteiger partial charge in [-0.25, -0.2) is 0 Å². The van der Waals surface area contributed by atoms with E-state index in [9.17, 15) is 5.11 Å².